The molecule has 0 radical (unpaired) electrons. The van der Waals surface area contributed by atoms with Crippen molar-refractivity contribution in [1.29, 1.82) is 0 Å². The molecule has 0 aromatic carbocycles. The monoisotopic (exact) mass is 240 g/mol. The standard InChI is InChI=1S/C10H12N2O5/c1-10(2,9(16)17)12-8(15)5-3-6(13)11-7(14)4-5/h3-4H,1-2H3,(H,12,15)(H,16,17)(H2,11,13,14). The zero-order valence-corrected chi connectivity index (χ0v) is 9.27. The van der Waals surface area contributed by atoms with Gasteiger partial charge < -0.3 is 15.5 Å². The molecule has 0 saturated heterocycles. The number of carboxylic acid groups (broad SMARTS) is 1. The van der Waals surface area contributed by atoms with Gasteiger partial charge in [-0.1, -0.05) is 0 Å². The minimum atomic E-state index is -1.46. The van der Waals surface area contributed by atoms with Crippen LogP contribution in [0.5, 0.6) is 5.88 Å². The largest absolute Gasteiger partial charge is 0.494 e. The van der Waals surface area contributed by atoms with Gasteiger partial charge in [0.25, 0.3) is 11.5 Å². The molecule has 0 atom stereocenters. The van der Waals surface area contributed by atoms with Crippen LogP contribution in [0, 0.1) is 0 Å². The van der Waals surface area contributed by atoms with Crippen LogP contribution in [0.3, 0.4) is 0 Å². The van der Waals surface area contributed by atoms with E-state index in [-0.39, 0.29) is 5.56 Å². The second-order valence-electron chi connectivity index (χ2n) is 4.00. The van der Waals surface area contributed by atoms with Crippen molar-refractivity contribution >= 4 is 11.9 Å². The Balaban J connectivity index is 2.98. The Labute approximate surface area is 96.1 Å². The quantitative estimate of drug-likeness (QED) is 0.577. The number of carbonyl (C=O) groups excluding carboxylic acids is 1. The number of aromatic hydroxyl groups is 1. The number of aromatic amines is 1. The van der Waals surface area contributed by atoms with E-state index in [1.165, 1.54) is 13.8 Å². The number of hydrogen-bond donors (Lipinski definition) is 4. The predicted molar refractivity (Wildman–Crippen MR) is 57.9 cm³/mol. The van der Waals surface area contributed by atoms with Crippen LogP contribution in [0.1, 0.15) is 24.2 Å². The molecule has 7 heteroatoms. The van der Waals surface area contributed by atoms with Crippen molar-refractivity contribution in [3.8, 4) is 5.88 Å². The fraction of sp³-hybridized carbons (Fsp3) is 0.300. The molecule has 1 heterocycles. The summed E-state index contributed by atoms with van der Waals surface area (Å²) in [6, 6.07) is 2.00. The Kier molecular flexibility index (Phi) is 3.21. The van der Waals surface area contributed by atoms with Crippen molar-refractivity contribution in [2.75, 3.05) is 0 Å². The third kappa shape index (κ3) is 3.07. The molecular formula is C10H12N2O5. The number of pyridine rings is 1. The van der Waals surface area contributed by atoms with E-state index in [2.05, 4.69) is 10.3 Å². The van der Waals surface area contributed by atoms with Crippen molar-refractivity contribution in [3.63, 3.8) is 0 Å². The maximum Gasteiger partial charge on any atom is 0.328 e. The maximum absolute atomic E-state index is 11.6. The van der Waals surface area contributed by atoms with Gasteiger partial charge in [-0.05, 0) is 13.8 Å². The molecule has 1 rings (SSSR count). The molecule has 0 aliphatic carbocycles. The molecule has 4 N–H and O–H groups in total. The van der Waals surface area contributed by atoms with Gasteiger partial charge in [-0.2, -0.15) is 0 Å². The zero-order valence-electron chi connectivity index (χ0n) is 9.27. The Bertz CT molecular complexity index is 518. The van der Waals surface area contributed by atoms with E-state index in [4.69, 9.17) is 10.2 Å². The minimum Gasteiger partial charge on any atom is -0.494 e. The number of H-pyrrole nitrogens is 1. The van der Waals surface area contributed by atoms with Crippen molar-refractivity contribution in [3.05, 3.63) is 28.0 Å². The number of aromatic nitrogens is 1. The predicted octanol–water partition coefficient (Wildman–Crippen LogP) is -0.327. The molecule has 0 saturated carbocycles. The molecule has 0 aliphatic rings. The van der Waals surface area contributed by atoms with Crippen LogP contribution in [0.2, 0.25) is 0 Å². The van der Waals surface area contributed by atoms with Crippen molar-refractivity contribution in [2.24, 2.45) is 0 Å². The highest BCUT2D eigenvalue weighted by Crippen LogP contribution is 2.07. The maximum atomic E-state index is 11.6. The highest BCUT2D eigenvalue weighted by Gasteiger charge is 2.29. The van der Waals surface area contributed by atoms with E-state index >= 15 is 0 Å². The lowest BCUT2D eigenvalue weighted by atomic mass is 10.1. The SMILES string of the molecule is CC(C)(NC(=O)c1cc(O)[nH]c(=O)c1)C(=O)O. The van der Waals surface area contributed by atoms with Crippen LogP contribution >= 0.6 is 0 Å². The number of hydrogen-bond acceptors (Lipinski definition) is 4. The molecule has 0 aliphatic heterocycles. The third-order valence-corrected chi connectivity index (χ3v) is 2.05. The van der Waals surface area contributed by atoms with E-state index in [1.54, 1.807) is 0 Å². The Hall–Kier alpha value is -2.31. The van der Waals surface area contributed by atoms with Crippen LogP contribution in [-0.2, 0) is 4.79 Å². The van der Waals surface area contributed by atoms with Crippen LogP contribution in [0.4, 0.5) is 0 Å². The van der Waals surface area contributed by atoms with Gasteiger partial charge in [0, 0.05) is 12.1 Å². The van der Waals surface area contributed by atoms with Gasteiger partial charge in [-0.15, -0.1) is 0 Å². The molecule has 7 nitrogen and oxygen atoms in total. The number of aliphatic carboxylic acids is 1. The summed E-state index contributed by atoms with van der Waals surface area (Å²) in [4.78, 5) is 35.5. The normalized spacial score (nSPS) is 10.9. The Morgan fingerprint density at radius 1 is 1.35 bits per heavy atom. The Morgan fingerprint density at radius 2 is 1.94 bits per heavy atom. The average molecular weight is 240 g/mol. The Morgan fingerprint density at radius 3 is 2.41 bits per heavy atom. The average Bonchev–Trinajstić information content (AvgIpc) is 2.15. The second-order valence-corrected chi connectivity index (χ2v) is 4.00. The molecule has 0 spiro atoms. The fourth-order valence-electron chi connectivity index (χ4n) is 1.07. The summed E-state index contributed by atoms with van der Waals surface area (Å²) in [7, 11) is 0. The van der Waals surface area contributed by atoms with Gasteiger partial charge in [0.1, 0.15) is 5.54 Å². The third-order valence-electron chi connectivity index (χ3n) is 2.05. The van der Waals surface area contributed by atoms with Crippen molar-refractivity contribution < 1.29 is 19.8 Å². The first-order valence-corrected chi connectivity index (χ1v) is 4.71. The van der Waals surface area contributed by atoms with Gasteiger partial charge in [0.05, 0.1) is 5.56 Å². The lowest BCUT2D eigenvalue weighted by molar-refractivity contribution is -0.143. The summed E-state index contributed by atoms with van der Waals surface area (Å²) < 4.78 is 0. The smallest absolute Gasteiger partial charge is 0.328 e. The van der Waals surface area contributed by atoms with Gasteiger partial charge in [0.15, 0.2) is 5.88 Å². The summed E-state index contributed by atoms with van der Waals surface area (Å²) >= 11 is 0. The van der Waals surface area contributed by atoms with Crippen LogP contribution < -0.4 is 10.9 Å². The summed E-state index contributed by atoms with van der Waals surface area (Å²) in [5.41, 5.74) is -2.22. The zero-order chi connectivity index (χ0) is 13.2. The molecule has 1 aromatic rings. The van der Waals surface area contributed by atoms with Crippen molar-refractivity contribution in [1.82, 2.24) is 10.3 Å². The molecule has 0 fully saturated rings. The molecule has 1 amide bonds. The molecular weight excluding hydrogens is 228 g/mol. The number of rotatable bonds is 3. The highest BCUT2D eigenvalue weighted by atomic mass is 16.4. The summed E-state index contributed by atoms with van der Waals surface area (Å²) in [5, 5.41) is 20.1. The lowest BCUT2D eigenvalue weighted by Gasteiger charge is -2.20. The second kappa shape index (κ2) is 4.28. The topological polar surface area (TPSA) is 119 Å². The lowest BCUT2D eigenvalue weighted by Crippen LogP contribution is -2.49. The first-order chi connectivity index (χ1) is 7.72. The summed E-state index contributed by atoms with van der Waals surface area (Å²) in [6.07, 6.45) is 0. The van der Waals surface area contributed by atoms with Gasteiger partial charge in [-0.25, -0.2) is 4.79 Å². The van der Waals surface area contributed by atoms with E-state index < -0.39 is 28.9 Å². The van der Waals surface area contributed by atoms with E-state index in [0.717, 1.165) is 12.1 Å². The van der Waals surface area contributed by atoms with Crippen LogP contribution in [0.15, 0.2) is 16.9 Å². The van der Waals surface area contributed by atoms with Crippen molar-refractivity contribution in [2.45, 2.75) is 19.4 Å². The fourth-order valence-corrected chi connectivity index (χ4v) is 1.07. The van der Waals surface area contributed by atoms with E-state index in [9.17, 15) is 14.4 Å². The van der Waals surface area contributed by atoms with E-state index in [1.807, 2.05) is 0 Å². The number of nitrogens with one attached hydrogen (secondary N) is 2. The van der Waals surface area contributed by atoms with Crippen LogP contribution in [0.25, 0.3) is 0 Å². The number of carbonyl (C=O) groups is 2. The minimum absolute atomic E-state index is 0.111. The first-order valence-electron chi connectivity index (χ1n) is 4.71. The highest BCUT2D eigenvalue weighted by molar-refractivity contribution is 5.97. The number of amides is 1. The van der Waals surface area contributed by atoms with E-state index in [0.29, 0.717) is 0 Å². The molecule has 0 unspecified atom stereocenters. The number of carboxylic acids is 1. The summed E-state index contributed by atoms with van der Waals surface area (Å²) in [5.74, 6) is -2.42. The molecule has 1 aromatic heterocycles. The van der Waals surface area contributed by atoms with Gasteiger partial charge in [-0.3, -0.25) is 14.6 Å². The molecule has 17 heavy (non-hydrogen) atoms. The summed E-state index contributed by atoms with van der Waals surface area (Å²) in [6.45, 7) is 2.61. The van der Waals surface area contributed by atoms with Crippen LogP contribution in [-0.4, -0.2) is 32.6 Å². The molecule has 0 bridgehead atoms. The molecule has 92 valence electrons. The van der Waals surface area contributed by atoms with Gasteiger partial charge in [0.2, 0.25) is 0 Å². The first kappa shape index (κ1) is 12.8. The van der Waals surface area contributed by atoms with Gasteiger partial charge >= 0.3 is 5.97 Å².